The molecule has 0 bridgehead atoms. The largest absolute Gasteiger partial charge is 0.496 e. The van der Waals surface area contributed by atoms with Crippen LogP contribution in [-0.2, 0) is 12.1 Å². The van der Waals surface area contributed by atoms with Crippen LogP contribution in [0.15, 0.2) is 24.4 Å². The molecule has 168 valence electrons. The Kier molecular flexibility index (Phi) is 6.34. The van der Waals surface area contributed by atoms with Gasteiger partial charge in [0.2, 0.25) is 5.88 Å². The Hall–Kier alpha value is -2.38. The van der Waals surface area contributed by atoms with Gasteiger partial charge in [0.25, 0.3) is 0 Å². The first-order valence-corrected chi connectivity index (χ1v) is 11.2. The van der Waals surface area contributed by atoms with Gasteiger partial charge in [0.1, 0.15) is 11.4 Å². The van der Waals surface area contributed by atoms with E-state index in [1.54, 1.807) is 13.3 Å². The first-order chi connectivity index (χ1) is 15.0. The first kappa shape index (κ1) is 21.8. The molecular formula is C24H33N3O4. The van der Waals surface area contributed by atoms with E-state index in [0.29, 0.717) is 37.0 Å². The first-order valence-electron chi connectivity index (χ1n) is 11.2. The van der Waals surface area contributed by atoms with Gasteiger partial charge in [-0.25, -0.2) is 4.98 Å². The summed E-state index contributed by atoms with van der Waals surface area (Å²) in [5.74, 6) is 1.89. The highest BCUT2D eigenvalue weighted by atomic mass is 16.5. The topological polar surface area (TPSA) is 76.9 Å². The van der Waals surface area contributed by atoms with Crippen LogP contribution in [0.4, 0.5) is 0 Å². The van der Waals surface area contributed by atoms with Gasteiger partial charge in [0.05, 0.1) is 25.9 Å². The summed E-state index contributed by atoms with van der Waals surface area (Å²) in [6, 6.07) is 6.57. The molecule has 2 fully saturated rings. The number of hydrogen-bond acceptors (Lipinski definition) is 7. The zero-order valence-electron chi connectivity index (χ0n) is 18.9. The summed E-state index contributed by atoms with van der Waals surface area (Å²) < 4.78 is 16.8. The molecule has 1 saturated heterocycles. The number of aromatic nitrogens is 2. The molecule has 0 unspecified atom stereocenters. The maximum Gasteiger partial charge on any atom is 0.319 e. The second-order valence-corrected chi connectivity index (χ2v) is 8.58. The van der Waals surface area contributed by atoms with Crippen LogP contribution < -0.4 is 14.2 Å². The van der Waals surface area contributed by atoms with Crippen molar-refractivity contribution in [3.05, 3.63) is 41.1 Å². The van der Waals surface area contributed by atoms with Gasteiger partial charge in [0, 0.05) is 37.3 Å². The van der Waals surface area contributed by atoms with Crippen molar-refractivity contribution in [1.82, 2.24) is 14.9 Å². The fourth-order valence-corrected chi connectivity index (χ4v) is 5.21. The number of fused-ring (bicyclic) bond motifs is 1. The molecule has 31 heavy (non-hydrogen) atoms. The quantitative estimate of drug-likeness (QED) is 0.692. The second kappa shape index (κ2) is 9.01. The van der Waals surface area contributed by atoms with Crippen LogP contribution in [0.2, 0.25) is 0 Å². The highest BCUT2D eigenvalue weighted by Crippen LogP contribution is 2.52. The van der Waals surface area contributed by atoms with E-state index in [4.69, 9.17) is 14.2 Å². The van der Waals surface area contributed by atoms with Crippen LogP contribution in [0, 0.1) is 18.8 Å². The molecule has 7 nitrogen and oxygen atoms in total. The van der Waals surface area contributed by atoms with Crippen molar-refractivity contribution in [1.29, 1.82) is 0 Å². The Bertz CT molecular complexity index is 922. The molecule has 7 heteroatoms. The van der Waals surface area contributed by atoms with E-state index in [2.05, 4.69) is 33.9 Å². The molecule has 2 aromatic rings. The van der Waals surface area contributed by atoms with E-state index in [1.165, 1.54) is 11.1 Å². The Morgan fingerprint density at radius 2 is 2.00 bits per heavy atom. The second-order valence-electron chi connectivity index (χ2n) is 8.58. The Labute approximate surface area is 184 Å². The SMILES string of the molecule is CCOc1ncc([C@]2(O)CC[C@H]3CN(Cc4cc(C)ccc4OC)C[C@H]32)c(OCC)n1. The summed E-state index contributed by atoms with van der Waals surface area (Å²) in [6.07, 6.45) is 3.36. The third-order valence-electron chi connectivity index (χ3n) is 6.61. The van der Waals surface area contributed by atoms with Crippen LogP contribution in [-0.4, -0.2) is 53.4 Å². The number of benzene rings is 1. The number of aliphatic hydroxyl groups is 1. The fourth-order valence-electron chi connectivity index (χ4n) is 5.21. The fraction of sp³-hybridized carbons (Fsp3) is 0.583. The van der Waals surface area contributed by atoms with Gasteiger partial charge < -0.3 is 19.3 Å². The molecule has 0 radical (unpaired) electrons. The molecule has 1 aromatic heterocycles. The zero-order valence-corrected chi connectivity index (χ0v) is 18.9. The summed E-state index contributed by atoms with van der Waals surface area (Å²) in [5, 5.41) is 11.8. The van der Waals surface area contributed by atoms with Crippen LogP contribution >= 0.6 is 0 Å². The average molecular weight is 428 g/mol. The predicted octanol–water partition coefficient (Wildman–Crippen LogP) is 3.32. The van der Waals surface area contributed by atoms with Gasteiger partial charge >= 0.3 is 6.01 Å². The third-order valence-corrected chi connectivity index (χ3v) is 6.61. The van der Waals surface area contributed by atoms with E-state index in [-0.39, 0.29) is 11.9 Å². The molecule has 1 saturated carbocycles. The van der Waals surface area contributed by atoms with Crippen molar-refractivity contribution in [3.63, 3.8) is 0 Å². The van der Waals surface area contributed by atoms with Gasteiger partial charge in [-0.05, 0) is 45.6 Å². The Balaban J connectivity index is 1.57. The van der Waals surface area contributed by atoms with Crippen LogP contribution in [0.3, 0.4) is 0 Å². The predicted molar refractivity (Wildman–Crippen MR) is 117 cm³/mol. The normalized spacial score (nSPS) is 25.5. The van der Waals surface area contributed by atoms with Crippen LogP contribution in [0.25, 0.3) is 0 Å². The van der Waals surface area contributed by atoms with Crippen molar-refractivity contribution >= 4 is 0 Å². The maximum atomic E-state index is 11.8. The third kappa shape index (κ3) is 4.21. The van der Waals surface area contributed by atoms with Crippen molar-refractivity contribution in [3.8, 4) is 17.6 Å². The molecule has 0 spiro atoms. The van der Waals surface area contributed by atoms with E-state index in [0.717, 1.165) is 31.8 Å². The lowest BCUT2D eigenvalue weighted by atomic mass is 9.83. The highest BCUT2D eigenvalue weighted by Gasteiger charge is 2.54. The molecule has 2 heterocycles. The molecule has 1 aliphatic heterocycles. The summed E-state index contributed by atoms with van der Waals surface area (Å²) in [4.78, 5) is 11.2. The maximum absolute atomic E-state index is 11.8. The monoisotopic (exact) mass is 427 g/mol. The zero-order chi connectivity index (χ0) is 22.0. The van der Waals surface area contributed by atoms with Crippen molar-refractivity contribution in [2.45, 2.75) is 45.8 Å². The van der Waals surface area contributed by atoms with E-state index in [9.17, 15) is 5.11 Å². The molecule has 2 aliphatic rings. The molecule has 4 rings (SSSR count). The number of likely N-dealkylation sites (tertiary alicyclic amines) is 1. The summed E-state index contributed by atoms with van der Waals surface area (Å²) in [6.45, 7) is 9.45. The van der Waals surface area contributed by atoms with Crippen molar-refractivity contribution in [2.24, 2.45) is 11.8 Å². The van der Waals surface area contributed by atoms with E-state index < -0.39 is 5.60 Å². The van der Waals surface area contributed by atoms with Gasteiger partial charge in [-0.1, -0.05) is 17.7 Å². The van der Waals surface area contributed by atoms with E-state index in [1.807, 2.05) is 19.9 Å². The van der Waals surface area contributed by atoms with Crippen LogP contribution in [0.1, 0.15) is 43.4 Å². The Morgan fingerprint density at radius 1 is 1.19 bits per heavy atom. The number of hydrogen-bond donors (Lipinski definition) is 1. The van der Waals surface area contributed by atoms with E-state index >= 15 is 0 Å². The lowest BCUT2D eigenvalue weighted by Gasteiger charge is -2.31. The lowest BCUT2D eigenvalue weighted by Crippen LogP contribution is -2.35. The average Bonchev–Trinajstić information content (AvgIpc) is 3.29. The minimum Gasteiger partial charge on any atom is -0.496 e. The van der Waals surface area contributed by atoms with Crippen molar-refractivity contribution < 1.29 is 19.3 Å². The summed E-state index contributed by atoms with van der Waals surface area (Å²) in [5.41, 5.74) is 2.09. The number of ether oxygens (including phenoxy) is 3. The lowest BCUT2D eigenvalue weighted by molar-refractivity contribution is -0.0102. The molecule has 0 amide bonds. The van der Waals surface area contributed by atoms with Gasteiger partial charge in [0.15, 0.2) is 0 Å². The smallest absolute Gasteiger partial charge is 0.319 e. The molecule has 3 atom stereocenters. The van der Waals surface area contributed by atoms with Gasteiger partial charge in [-0.2, -0.15) is 4.98 Å². The Morgan fingerprint density at radius 3 is 2.74 bits per heavy atom. The summed E-state index contributed by atoms with van der Waals surface area (Å²) in [7, 11) is 1.72. The number of nitrogens with zero attached hydrogens (tertiary/aromatic N) is 3. The summed E-state index contributed by atoms with van der Waals surface area (Å²) >= 11 is 0. The molecule has 1 aliphatic carbocycles. The molecule has 1 N–H and O–H groups in total. The molecule has 1 aromatic carbocycles. The van der Waals surface area contributed by atoms with Crippen molar-refractivity contribution in [2.75, 3.05) is 33.4 Å². The van der Waals surface area contributed by atoms with Gasteiger partial charge in [-0.15, -0.1) is 0 Å². The minimum atomic E-state index is -0.995. The molecular weight excluding hydrogens is 394 g/mol. The number of rotatable bonds is 8. The minimum absolute atomic E-state index is 0.115. The standard InChI is InChI=1S/C24H33N3O4/c1-5-30-22-19(12-25-23(26-22)31-6-2)24(28)10-9-17-13-27(15-20(17)24)14-18-11-16(3)7-8-21(18)29-4/h7-8,11-12,17,20,28H,5-6,9-10,13-15H2,1-4H3/t17-,20+,24+/m0/s1. The highest BCUT2D eigenvalue weighted by molar-refractivity contribution is 5.37. The van der Waals surface area contributed by atoms with Crippen LogP contribution in [0.5, 0.6) is 17.6 Å². The number of methoxy groups -OCH3 is 1. The number of aryl methyl sites for hydroxylation is 1. The van der Waals surface area contributed by atoms with Gasteiger partial charge in [-0.3, -0.25) is 4.90 Å².